The highest BCUT2D eigenvalue weighted by Crippen LogP contribution is 2.10. The summed E-state index contributed by atoms with van der Waals surface area (Å²) in [5.41, 5.74) is 5.80. The average molecular weight is 123 g/mol. The summed E-state index contributed by atoms with van der Waals surface area (Å²) in [6.45, 7) is 0. The molecule has 1 aliphatic carbocycles. The van der Waals surface area contributed by atoms with Gasteiger partial charge < -0.3 is 5.73 Å². The van der Waals surface area contributed by atoms with Crippen molar-refractivity contribution in [2.45, 2.75) is 12.8 Å². The van der Waals surface area contributed by atoms with E-state index in [1.165, 1.54) is 6.20 Å². The van der Waals surface area contributed by atoms with E-state index in [0.29, 0.717) is 12.0 Å². The molecule has 0 fully saturated rings. The Balaban J connectivity index is 2.81. The van der Waals surface area contributed by atoms with Gasteiger partial charge in [0, 0.05) is 18.2 Å². The Labute approximate surface area is 54.0 Å². The number of rotatable bonds is 0. The molecule has 0 heterocycles. The molecule has 0 aromatic heterocycles. The third-order valence-corrected chi connectivity index (χ3v) is 1.34. The lowest BCUT2D eigenvalue weighted by molar-refractivity contribution is -0.115. The van der Waals surface area contributed by atoms with Crippen molar-refractivity contribution in [2.75, 3.05) is 0 Å². The second kappa shape index (κ2) is 2.49. The van der Waals surface area contributed by atoms with Crippen LogP contribution in [0, 0.1) is 0 Å². The van der Waals surface area contributed by atoms with Crippen LogP contribution in [-0.4, -0.2) is 5.78 Å². The fourth-order valence-electron chi connectivity index (χ4n) is 0.811. The summed E-state index contributed by atoms with van der Waals surface area (Å²) in [7, 11) is 0. The van der Waals surface area contributed by atoms with E-state index >= 15 is 0 Å². The van der Waals surface area contributed by atoms with Gasteiger partial charge in [0.15, 0.2) is 5.78 Å². The van der Waals surface area contributed by atoms with E-state index in [1.54, 1.807) is 6.08 Å². The zero-order chi connectivity index (χ0) is 6.69. The standard InChI is InChI=1S/C7H9NO/c8-5-6-3-1-2-4-7(6)9/h1,3,5H,2,4,8H2/b6-5-. The Morgan fingerprint density at radius 3 is 2.89 bits per heavy atom. The van der Waals surface area contributed by atoms with Gasteiger partial charge in [-0.05, 0) is 6.42 Å². The number of nitrogens with two attached hydrogens (primary N) is 1. The maximum atomic E-state index is 10.8. The second-order valence-electron chi connectivity index (χ2n) is 1.99. The summed E-state index contributed by atoms with van der Waals surface area (Å²) in [6.07, 6.45) is 6.56. The van der Waals surface area contributed by atoms with Crippen molar-refractivity contribution in [3.63, 3.8) is 0 Å². The summed E-state index contributed by atoms with van der Waals surface area (Å²) >= 11 is 0. The summed E-state index contributed by atoms with van der Waals surface area (Å²) in [4.78, 5) is 10.8. The monoisotopic (exact) mass is 123 g/mol. The van der Waals surface area contributed by atoms with Crippen molar-refractivity contribution in [3.05, 3.63) is 23.9 Å². The van der Waals surface area contributed by atoms with Crippen LogP contribution in [0.15, 0.2) is 23.9 Å². The summed E-state index contributed by atoms with van der Waals surface area (Å²) in [6, 6.07) is 0. The maximum Gasteiger partial charge on any atom is 0.164 e. The van der Waals surface area contributed by atoms with Gasteiger partial charge in [0.1, 0.15) is 0 Å². The first-order valence-electron chi connectivity index (χ1n) is 2.96. The molecular weight excluding hydrogens is 114 g/mol. The van der Waals surface area contributed by atoms with Crippen LogP contribution in [0.4, 0.5) is 0 Å². The van der Waals surface area contributed by atoms with Gasteiger partial charge in [0.25, 0.3) is 0 Å². The van der Waals surface area contributed by atoms with Crippen molar-refractivity contribution in [3.8, 4) is 0 Å². The Morgan fingerprint density at radius 1 is 1.67 bits per heavy atom. The maximum absolute atomic E-state index is 10.8. The quantitative estimate of drug-likeness (QED) is 0.483. The lowest BCUT2D eigenvalue weighted by atomic mass is 10.0. The van der Waals surface area contributed by atoms with Crippen molar-refractivity contribution < 1.29 is 4.79 Å². The second-order valence-corrected chi connectivity index (χ2v) is 1.99. The van der Waals surface area contributed by atoms with E-state index in [0.717, 1.165) is 6.42 Å². The number of carbonyl (C=O) groups excluding carboxylic acids is 1. The highest BCUT2D eigenvalue weighted by Gasteiger charge is 2.07. The minimum atomic E-state index is 0.153. The molecule has 0 saturated heterocycles. The highest BCUT2D eigenvalue weighted by molar-refractivity contribution is 5.98. The first-order chi connectivity index (χ1) is 4.34. The van der Waals surface area contributed by atoms with Crippen LogP contribution in [0.2, 0.25) is 0 Å². The number of ketones is 1. The SMILES string of the molecule is N/C=C1/C=CCCC1=O. The van der Waals surface area contributed by atoms with Gasteiger partial charge in [-0.15, -0.1) is 0 Å². The Kier molecular flexibility index (Phi) is 1.68. The number of allylic oxidation sites excluding steroid dienone is 3. The Bertz CT molecular complexity index is 179. The summed E-state index contributed by atoms with van der Waals surface area (Å²) in [5, 5.41) is 0. The van der Waals surface area contributed by atoms with Gasteiger partial charge in [-0.25, -0.2) is 0 Å². The normalized spacial score (nSPS) is 23.1. The van der Waals surface area contributed by atoms with Crippen molar-refractivity contribution in [2.24, 2.45) is 5.73 Å². The molecule has 0 unspecified atom stereocenters. The molecule has 0 amide bonds. The number of hydrogen-bond donors (Lipinski definition) is 1. The largest absolute Gasteiger partial charge is 0.404 e. The smallest absolute Gasteiger partial charge is 0.164 e. The summed E-state index contributed by atoms with van der Waals surface area (Å²) in [5.74, 6) is 0.153. The number of Topliss-reactive ketones (excluding diaryl/α,β-unsaturated/α-hetero) is 1. The Morgan fingerprint density at radius 2 is 2.44 bits per heavy atom. The van der Waals surface area contributed by atoms with Crippen LogP contribution < -0.4 is 5.73 Å². The van der Waals surface area contributed by atoms with E-state index in [1.807, 2.05) is 6.08 Å². The minimum absolute atomic E-state index is 0.153. The molecule has 48 valence electrons. The third kappa shape index (κ3) is 1.19. The van der Waals surface area contributed by atoms with Crippen molar-refractivity contribution in [1.82, 2.24) is 0 Å². The molecule has 2 nitrogen and oxygen atoms in total. The fraction of sp³-hybridized carbons (Fsp3) is 0.286. The van der Waals surface area contributed by atoms with Gasteiger partial charge in [0.05, 0.1) is 0 Å². The van der Waals surface area contributed by atoms with E-state index in [4.69, 9.17) is 5.73 Å². The molecule has 2 N–H and O–H groups in total. The zero-order valence-electron chi connectivity index (χ0n) is 5.13. The molecule has 0 aromatic rings. The van der Waals surface area contributed by atoms with E-state index in [2.05, 4.69) is 0 Å². The average Bonchev–Trinajstić information content (AvgIpc) is 1.89. The zero-order valence-corrected chi connectivity index (χ0v) is 5.13. The molecule has 0 aromatic carbocycles. The van der Waals surface area contributed by atoms with Gasteiger partial charge >= 0.3 is 0 Å². The topological polar surface area (TPSA) is 43.1 Å². The van der Waals surface area contributed by atoms with Crippen LogP contribution >= 0.6 is 0 Å². The van der Waals surface area contributed by atoms with Crippen molar-refractivity contribution in [1.29, 1.82) is 0 Å². The van der Waals surface area contributed by atoms with Gasteiger partial charge in [-0.1, -0.05) is 12.2 Å². The molecule has 2 heteroatoms. The van der Waals surface area contributed by atoms with Crippen LogP contribution in [-0.2, 0) is 4.79 Å². The molecule has 0 saturated carbocycles. The minimum Gasteiger partial charge on any atom is -0.404 e. The van der Waals surface area contributed by atoms with E-state index in [-0.39, 0.29) is 5.78 Å². The highest BCUT2D eigenvalue weighted by atomic mass is 16.1. The molecule has 9 heavy (non-hydrogen) atoms. The van der Waals surface area contributed by atoms with Crippen LogP contribution in [0.1, 0.15) is 12.8 Å². The van der Waals surface area contributed by atoms with Gasteiger partial charge in [0.2, 0.25) is 0 Å². The van der Waals surface area contributed by atoms with E-state index < -0.39 is 0 Å². The number of hydrogen-bond acceptors (Lipinski definition) is 2. The molecular formula is C7H9NO. The van der Waals surface area contributed by atoms with Crippen LogP contribution in [0.5, 0.6) is 0 Å². The molecule has 0 atom stereocenters. The van der Waals surface area contributed by atoms with E-state index in [9.17, 15) is 4.79 Å². The summed E-state index contributed by atoms with van der Waals surface area (Å²) < 4.78 is 0. The molecule has 1 aliphatic rings. The third-order valence-electron chi connectivity index (χ3n) is 1.34. The number of carbonyl (C=O) groups is 1. The van der Waals surface area contributed by atoms with Gasteiger partial charge in [-0.2, -0.15) is 0 Å². The molecule has 0 bridgehead atoms. The first-order valence-corrected chi connectivity index (χ1v) is 2.96. The first kappa shape index (κ1) is 6.08. The van der Waals surface area contributed by atoms with Gasteiger partial charge in [-0.3, -0.25) is 4.79 Å². The molecule has 1 rings (SSSR count). The molecule has 0 aliphatic heterocycles. The lowest BCUT2D eigenvalue weighted by Gasteiger charge is -2.03. The molecule has 0 spiro atoms. The van der Waals surface area contributed by atoms with Crippen molar-refractivity contribution >= 4 is 5.78 Å². The fourth-order valence-corrected chi connectivity index (χ4v) is 0.811. The lowest BCUT2D eigenvalue weighted by Crippen LogP contribution is -2.05. The van der Waals surface area contributed by atoms with Crippen LogP contribution in [0.3, 0.4) is 0 Å². The van der Waals surface area contributed by atoms with Crippen LogP contribution in [0.25, 0.3) is 0 Å². The predicted octanol–water partition coefficient (Wildman–Crippen LogP) is 0.748. The predicted molar refractivity (Wildman–Crippen MR) is 35.7 cm³/mol. The Hall–Kier alpha value is -1.05. The molecule has 0 radical (unpaired) electrons.